The predicted octanol–water partition coefficient (Wildman–Crippen LogP) is 4.71. The van der Waals surface area contributed by atoms with Crippen LogP contribution in [0.3, 0.4) is 0 Å². The van der Waals surface area contributed by atoms with Crippen LogP contribution in [0.4, 0.5) is 4.39 Å². The minimum Gasteiger partial charge on any atom is -0.295 e. The highest BCUT2D eigenvalue weighted by Crippen LogP contribution is 2.23. The maximum atomic E-state index is 14.5. The maximum absolute atomic E-state index is 14.5. The van der Waals surface area contributed by atoms with Crippen molar-refractivity contribution in [1.29, 1.82) is 0 Å². The van der Waals surface area contributed by atoms with Gasteiger partial charge in [0.25, 0.3) is 0 Å². The topological polar surface area (TPSA) is 26.0 Å². The monoisotopic (exact) mass is 382 g/mol. The van der Waals surface area contributed by atoms with Crippen molar-refractivity contribution in [3.63, 3.8) is 0 Å². The Hall–Kier alpha value is -2.31. The average Bonchev–Trinajstić information content (AvgIpc) is 2.99. The number of rotatable bonds is 5. The Morgan fingerprint density at radius 1 is 0.926 bits per heavy atom. The molecule has 4 nitrogen and oxygen atoms in total. The van der Waals surface area contributed by atoms with E-state index in [1.165, 1.54) is 25.3 Å². The molecule has 1 aromatic heterocycles. The van der Waals surface area contributed by atoms with Gasteiger partial charge >= 0.3 is 0 Å². The Morgan fingerprint density at radius 3 is 2.37 bits per heavy atom. The van der Waals surface area contributed by atoms with Gasteiger partial charge in [0.2, 0.25) is 0 Å². The van der Waals surface area contributed by atoms with Gasteiger partial charge in [0.05, 0.1) is 18.8 Å². The molecule has 3 aromatic rings. The third-order valence-corrected chi connectivity index (χ3v) is 5.43. The van der Waals surface area contributed by atoms with Crippen LogP contribution in [0, 0.1) is 10.6 Å². The number of aromatic nitrogens is 3. The third-order valence-electron chi connectivity index (χ3n) is 5.00. The molecule has 1 aliphatic heterocycles. The second-order valence-corrected chi connectivity index (χ2v) is 7.34. The normalized spacial score (nSPS) is 15.1. The summed E-state index contributed by atoms with van der Waals surface area (Å²) in [7, 11) is 0. The van der Waals surface area contributed by atoms with Gasteiger partial charge in [0.15, 0.2) is 10.6 Å². The highest BCUT2D eigenvalue weighted by Gasteiger charge is 2.18. The molecule has 1 saturated heterocycles. The lowest BCUT2D eigenvalue weighted by Gasteiger charge is -2.25. The van der Waals surface area contributed by atoms with Crippen LogP contribution in [0.25, 0.3) is 11.4 Å². The summed E-state index contributed by atoms with van der Waals surface area (Å²) in [4.78, 5) is 2.37. The molecule has 1 aliphatic rings. The third kappa shape index (κ3) is 4.01. The quantitative estimate of drug-likeness (QED) is 0.598. The fourth-order valence-electron chi connectivity index (χ4n) is 3.57. The SMILES string of the molecule is Fc1ccccc1-c1nn(CN2CCCCC2)c(=S)n1Cc1ccccc1. The number of benzene rings is 2. The molecule has 0 unspecified atom stereocenters. The van der Waals surface area contributed by atoms with E-state index >= 15 is 0 Å². The number of likely N-dealkylation sites (tertiary alicyclic amines) is 1. The highest BCUT2D eigenvalue weighted by molar-refractivity contribution is 7.71. The molecular weight excluding hydrogens is 359 g/mol. The smallest absolute Gasteiger partial charge is 0.199 e. The molecule has 0 aliphatic carbocycles. The van der Waals surface area contributed by atoms with Gasteiger partial charge in [-0.05, 0) is 55.8 Å². The van der Waals surface area contributed by atoms with E-state index in [-0.39, 0.29) is 5.82 Å². The first-order valence-corrected chi connectivity index (χ1v) is 9.82. The number of hydrogen-bond donors (Lipinski definition) is 0. The number of nitrogens with zero attached hydrogens (tertiary/aromatic N) is 4. The molecule has 0 spiro atoms. The predicted molar refractivity (Wildman–Crippen MR) is 107 cm³/mol. The van der Waals surface area contributed by atoms with E-state index in [0.717, 1.165) is 18.7 Å². The summed E-state index contributed by atoms with van der Waals surface area (Å²) in [5.41, 5.74) is 1.60. The van der Waals surface area contributed by atoms with E-state index in [9.17, 15) is 4.39 Å². The zero-order valence-electron chi connectivity index (χ0n) is 15.2. The van der Waals surface area contributed by atoms with E-state index in [1.807, 2.05) is 33.5 Å². The molecular formula is C21H23FN4S. The van der Waals surface area contributed by atoms with Gasteiger partial charge in [0, 0.05) is 0 Å². The lowest BCUT2D eigenvalue weighted by molar-refractivity contribution is 0.172. The number of hydrogen-bond acceptors (Lipinski definition) is 3. The Labute approximate surface area is 163 Å². The van der Waals surface area contributed by atoms with Crippen molar-refractivity contribution >= 4 is 12.2 Å². The van der Waals surface area contributed by atoms with Crippen LogP contribution in [0.1, 0.15) is 24.8 Å². The summed E-state index contributed by atoms with van der Waals surface area (Å²) in [6.45, 7) is 3.34. The average molecular weight is 383 g/mol. The first-order chi connectivity index (χ1) is 13.2. The lowest BCUT2D eigenvalue weighted by atomic mass is 10.1. The molecule has 140 valence electrons. The van der Waals surface area contributed by atoms with E-state index < -0.39 is 0 Å². The van der Waals surface area contributed by atoms with Crippen molar-refractivity contribution in [2.24, 2.45) is 0 Å². The summed E-state index contributed by atoms with van der Waals surface area (Å²) in [5, 5.41) is 4.72. The lowest BCUT2D eigenvalue weighted by Crippen LogP contribution is -2.32. The molecule has 4 rings (SSSR count). The Balaban J connectivity index is 1.74. The largest absolute Gasteiger partial charge is 0.295 e. The van der Waals surface area contributed by atoms with Crippen LogP contribution in [-0.4, -0.2) is 32.3 Å². The molecule has 2 aromatic carbocycles. The Bertz CT molecular complexity index is 958. The van der Waals surface area contributed by atoms with Gasteiger partial charge in [-0.3, -0.25) is 9.47 Å². The van der Waals surface area contributed by atoms with Crippen molar-refractivity contribution in [2.75, 3.05) is 13.1 Å². The van der Waals surface area contributed by atoms with E-state index in [0.29, 0.717) is 29.4 Å². The molecule has 0 N–H and O–H groups in total. The summed E-state index contributed by atoms with van der Waals surface area (Å²) in [5.74, 6) is 0.302. The summed E-state index contributed by atoms with van der Waals surface area (Å²) in [6, 6.07) is 16.8. The minimum atomic E-state index is -0.281. The zero-order chi connectivity index (χ0) is 18.6. The number of halogens is 1. The molecule has 2 heterocycles. The van der Waals surface area contributed by atoms with Crippen LogP contribution in [0.15, 0.2) is 54.6 Å². The first-order valence-electron chi connectivity index (χ1n) is 9.41. The standard InChI is InChI=1S/C21H23FN4S/c22-19-12-6-5-11-18(19)20-23-26(16-24-13-7-2-8-14-24)21(27)25(20)15-17-9-3-1-4-10-17/h1,3-6,9-12H,2,7-8,13-16H2. The second-order valence-electron chi connectivity index (χ2n) is 6.98. The van der Waals surface area contributed by atoms with Crippen molar-refractivity contribution in [3.05, 3.63) is 70.7 Å². The van der Waals surface area contributed by atoms with Gasteiger partial charge in [-0.2, -0.15) is 5.10 Å². The van der Waals surface area contributed by atoms with Crippen LogP contribution in [-0.2, 0) is 13.2 Å². The van der Waals surface area contributed by atoms with Crippen molar-refractivity contribution in [1.82, 2.24) is 19.2 Å². The van der Waals surface area contributed by atoms with Crippen LogP contribution in [0.5, 0.6) is 0 Å². The number of piperidine rings is 1. The fourth-order valence-corrected chi connectivity index (χ4v) is 3.82. The first kappa shape index (κ1) is 18.1. The second kappa shape index (κ2) is 8.15. The van der Waals surface area contributed by atoms with E-state index in [4.69, 9.17) is 17.3 Å². The maximum Gasteiger partial charge on any atom is 0.199 e. The van der Waals surface area contributed by atoms with Crippen molar-refractivity contribution < 1.29 is 4.39 Å². The van der Waals surface area contributed by atoms with E-state index in [1.54, 1.807) is 12.1 Å². The molecule has 0 atom stereocenters. The zero-order valence-corrected chi connectivity index (χ0v) is 16.0. The van der Waals surface area contributed by atoms with Gasteiger partial charge in [0.1, 0.15) is 5.82 Å². The highest BCUT2D eigenvalue weighted by atomic mass is 32.1. The molecule has 0 amide bonds. The summed E-state index contributed by atoms with van der Waals surface area (Å²) in [6.07, 6.45) is 3.70. The van der Waals surface area contributed by atoms with Gasteiger partial charge in [-0.15, -0.1) is 0 Å². The molecule has 6 heteroatoms. The molecule has 0 radical (unpaired) electrons. The van der Waals surface area contributed by atoms with Crippen molar-refractivity contribution in [2.45, 2.75) is 32.5 Å². The molecule has 0 bridgehead atoms. The fraction of sp³-hybridized carbons (Fsp3) is 0.333. The van der Waals surface area contributed by atoms with Crippen LogP contribution >= 0.6 is 12.2 Å². The van der Waals surface area contributed by atoms with Gasteiger partial charge in [-0.1, -0.05) is 48.9 Å². The van der Waals surface area contributed by atoms with Crippen LogP contribution in [0.2, 0.25) is 0 Å². The van der Waals surface area contributed by atoms with Gasteiger partial charge < -0.3 is 0 Å². The summed E-state index contributed by atoms with van der Waals surface area (Å²) < 4.78 is 18.9. The minimum absolute atomic E-state index is 0.281. The summed E-state index contributed by atoms with van der Waals surface area (Å²) >= 11 is 5.74. The Morgan fingerprint density at radius 2 is 1.63 bits per heavy atom. The van der Waals surface area contributed by atoms with Crippen molar-refractivity contribution in [3.8, 4) is 11.4 Å². The molecule has 27 heavy (non-hydrogen) atoms. The van der Waals surface area contributed by atoms with E-state index in [2.05, 4.69) is 17.0 Å². The molecule has 1 fully saturated rings. The molecule has 0 saturated carbocycles. The van der Waals surface area contributed by atoms with Crippen LogP contribution < -0.4 is 0 Å². The Kier molecular flexibility index (Phi) is 5.45. The van der Waals surface area contributed by atoms with Gasteiger partial charge in [-0.25, -0.2) is 9.07 Å².